The van der Waals surface area contributed by atoms with Crippen LogP contribution < -0.4 is 16.2 Å². The summed E-state index contributed by atoms with van der Waals surface area (Å²) in [5.41, 5.74) is 0.519. The van der Waals surface area contributed by atoms with Crippen LogP contribution in [0.25, 0.3) is 11.0 Å². The summed E-state index contributed by atoms with van der Waals surface area (Å²) in [6.07, 6.45) is 11.8. The maximum atomic E-state index is 13.6. The molecule has 1 aromatic carbocycles. The maximum Gasteiger partial charge on any atom is 0.330 e. The van der Waals surface area contributed by atoms with Gasteiger partial charge >= 0.3 is 5.97 Å². The van der Waals surface area contributed by atoms with Gasteiger partial charge in [-0.15, -0.1) is 0 Å². The van der Waals surface area contributed by atoms with Gasteiger partial charge in [-0.05, 0) is 100 Å². The fraction of sp³-hybridized carbons (Fsp3) is 0.486. The van der Waals surface area contributed by atoms with Gasteiger partial charge in [-0.3, -0.25) is 14.4 Å². The molecule has 4 saturated carbocycles. The number of benzene rings is 1. The van der Waals surface area contributed by atoms with Crippen LogP contribution in [0.2, 0.25) is 0 Å². The van der Waals surface area contributed by atoms with Crippen LogP contribution in [0.5, 0.6) is 0 Å². The number of rotatable bonds is 11. The van der Waals surface area contributed by atoms with Gasteiger partial charge in [0.1, 0.15) is 17.3 Å². The van der Waals surface area contributed by atoms with Crippen molar-refractivity contribution in [2.75, 3.05) is 12.4 Å². The molecule has 2 aromatic heterocycles. The van der Waals surface area contributed by atoms with Crippen molar-refractivity contribution in [2.24, 2.45) is 17.3 Å². The van der Waals surface area contributed by atoms with Gasteiger partial charge in [0.25, 0.3) is 11.5 Å². The van der Waals surface area contributed by atoms with Gasteiger partial charge in [0.2, 0.25) is 5.91 Å². The smallest absolute Gasteiger partial charge is 0.330 e. The van der Waals surface area contributed by atoms with Crippen LogP contribution in [-0.2, 0) is 20.9 Å². The van der Waals surface area contributed by atoms with Crippen LogP contribution in [0.1, 0.15) is 73.9 Å². The number of hydrogen-bond acceptors (Lipinski definition) is 7. The summed E-state index contributed by atoms with van der Waals surface area (Å²) in [4.78, 5) is 51.9. The predicted molar refractivity (Wildman–Crippen MR) is 169 cm³/mol. The molecule has 4 fully saturated rings. The molecule has 4 aliphatic carbocycles. The number of esters is 1. The molecule has 3 N–H and O–H groups in total. The van der Waals surface area contributed by atoms with Crippen LogP contribution in [-0.4, -0.2) is 46.2 Å². The Morgan fingerprint density at radius 3 is 2.60 bits per heavy atom. The van der Waals surface area contributed by atoms with Gasteiger partial charge < -0.3 is 29.5 Å². The number of nitrogens with one attached hydrogen (secondary N) is 2. The summed E-state index contributed by atoms with van der Waals surface area (Å²) in [5, 5.41) is 17.4. The maximum absolute atomic E-state index is 13.6. The zero-order chi connectivity index (χ0) is 31.8. The molecule has 2 heterocycles. The zero-order valence-corrected chi connectivity index (χ0v) is 25.8. The molecule has 4 bridgehead atoms. The Morgan fingerprint density at radius 2 is 1.89 bits per heavy atom. The molecule has 2 unspecified atom stereocenters. The lowest BCUT2D eigenvalue weighted by Crippen LogP contribution is -2.55. The number of anilines is 1. The number of hydrogen-bond donors (Lipinski definition) is 3. The van der Waals surface area contributed by atoms with E-state index in [9.17, 15) is 24.3 Å². The van der Waals surface area contributed by atoms with E-state index >= 15 is 0 Å². The number of aromatic nitrogens is 1. The normalized spacial score (nSPS) is 25.8. The molecular weight excluding hydrogens is 574 g/mol. The Balaban J connectivity index is 1.16. The van der Waals surface area contributed by atoms with E-state index in [4.69, 9.17) is 4.42 Å². The minimum Gasteiger partial charge on any atom is -0.466 e. The van der Waals surface area contributed by atoms with E-state index in [1.807, 2.05) is 18.2 Å². The highest BCUT2D eigenvalue weighted by molar-refractivity contribution is 6.03. The molecule has 7 rings (SSSR count). The molecule has 238 valence electrons. The second kappa shape index (κ2) is 12.3. The van der Waals surface area contributed by atoms with E-state index in [2.05, 4.69) is 15.4 Å². The van der Waals surface area contributed by atoms with Gasteiger partial charge in [0.15, 0.2) is 5.76 Å². The minimum absolute atomic E-state index is 0.0550. The number of aryl methyl sites for hydroxylation is 2. The number of pyridine rings is 1. The molecule has 4 aliphatic rings. The van der Waals surface area contributed by atoms with Gasteiger partial charge in [0, 0.05) is 29.8 Å². The third kappa shape index (κ3) is 6.47. The quantitative estimate of drug-likeness (QED) is 0.207. The zero-order valence-electron chi connectivity index (χ0n) is 25.8. The van der Waals surface area contributed by atoms with E-state index in [1.165, 1.54) is 19.6 Å². The van der Waals surface area contributed by atoms with Crippen molar-refractivity contribution < 1.29 is 28.6 Å². The van der Waals surface area contributed by atoms with Gasteiger partial charge in [0.05, 0.1) is 12.7 Å². The van der Waals surface area contributed by atoms with E-state index in [0.717, 1.165) is 43.9 Å². The average molecular weight is 616 g/mol. The number of aliphatic hydroxyl groups is 1. The standard InChI is InChI=1S/C35H41N3O7/c1-22-25-8-3-5-11-28(25)45-30(22)32(41)36-26(9-4-6-12-29(39)44-2)31(40)37-27-10-7-14-38(33(27)42)15-13-34-17-23-16-24(18-34)20-35(43,19-23)21-34/h3,5-8,10-12,14,23-24,26,43H,4,9,13,15-21H2,1-2H3,(H,36,41)(H,37,40)/b12-6+/t23?,24?,26-,34?,35?/m0/s1. The SMILES string of the molecule is COC(=O)/C=C/CC[C@H](NC(=O)c1oc2ccccc2c1C)C(=O)Nc1cccn(CCC23CC4CC(CC(O)(C4)C2)C3)c1=O. The Morgan fingerprint density at radius 1 is 1.13 bits per heavy atom. The Labute approximate surface area is 261 Å². The van der Waals surface area contributed by atoms with Crippen LogP contribution in [0.4, 0.5) is 5.69 Å². The largest absolute Gasteiger partial charge is 0.466 e. The molecule has 0 aliphatic heterocycles. The van der Waals surface area contributed by atoms with Crippen molar-refractivity contribution in [2.45, 2.75) is 82.9 Å². The fourth-order valence-corrected chi connectivity index (χ4v) is 8.47. The van der Waals surface area contributed by atoms with Crippen molar-refractivity contribution in [1.82, 2.24) is 9.88 Å². The van der Waals surface area contributed by atoms with Gasteiger partial charge in [-0.1, -0.05) is 24.3 Å². The molecule has 0 radical (unpaired) electrons. The van der Waals surface area contributed by atoms with Crippen molar-refractivity contribution in [1.29, 1.82) is 0 Å². The summed E-state index contributed by atoms with van der Waals surface area (Å²) in [7, 11) is 1.28. The van der Waals surface area contributed by atoms with E-state index in [-0.39, 0.29) is 28.8 Å². The van der Waals surface area contributed by atoms with Crippen LogP contribution in [0.15, 0.2) is 64.0 Å². The first-order valence-corrected chi connectivity index (χ1v) is 15.8. The summed E-state index contributed by atoms with van der Waals surface area (Å²) in [5.74, 6) is -0.390. The monoisotopic (exact) mass is 615 g/mol. The highest BCUT2D eigenvalue weighted by Gasteiger charge is 2.56. The third-order valence-electron chi connectivity index (χ3n) is 10.1. The fourth-order valence-electron chi connectivity index (χ4n) is 8.47. The highest BCUT2D eigenvalue weighted by atomic mass is 16.5. The summed E-state index contributed by atoms with van der Waals surface area (Å²) < 4.78 is 12.1. The van der Waals surface area contributed by atoms with E-state index in [1.54, 1.807) is 42.0 Å². The Kier molecular flexibility index (Phi) is 8.43. The number of carbonyl (C=O) groups is 3. The molecule has 45 heavy (non-hydrogen) atoms. The number of allylic oxidation sites excluding steroid dienone is 1. The number of carbonyl (C=O) groups excluding carboxylic acids is 3. The Hall–Kier alpha value is -4.18. The number of para-hydroxylation sites is 1. The summed E-state index contributed by atoms with van der Waals surface area (Å²) in [6.45, 7) is 2.28. The molecule has 2 amide bonds. The molecule has 3 aromatic rings. The molecule has 0 spiro atoms. The third-order valence-corrected chi connectivity index (χ3v) is 10.1. The molecule has 0 saturated heterocycles. The van der Waals surface area contributed by atoms with Gasteiger partial charge in [-0.25, -0.2) is 4.79 Å². The summed E-state index contributed by atoms with van der Waals surface area (Å²) in [6, 6.07) is 9.57. The van der Waals surface area contributed by atoms with Crippen molar-refractivity contribution in [3.8, 4) is 0 Å². The van der Waals surface area contributed by atoms with Crippen molar-refractivity contribution >= 4 is 34.4 Å². The molecule has 3 atom stereocenters. The van der Waals surface area contributed by atoms with Crippen LogP contribution in [0.3, 0.4) is 0 Å². The first-order chi connectivity index (χ1) is 21.6. The van der Waals surface area contributed by atoms with E-state index < -0.39 is 29.4 Å². The number of methoxy groups -OCH3 is 1. The first kappa shape index (κ1) is 30.8. The minimum atomic E-state index is -1.02. The van der Waals surface area contributed by atoms with E-state index in [0.29, 0.717) is 35.9 Å². The van der Waals surface area contributed by atoms with Gasteiger partial charge in [-0.2, -0.15) is 0 Å². The second-order valence-electron chi connectivity index (χ2n) is 13.4. The average Bonchev–Trinajstić information content (AvgIpc) is 3.34. The lowest BCUT2D eigenvalue weighted by atomic mass is 9.47. The number of nitrogens with zero attached hydrogens (tertiary/aromatic N) is 1. The lowest BCUT2D eigenvalue weighted by molar-refractivity contribution is -0.166. The van der Waals surface area contributed by atoms with Crippen molar-refractivity contribution in [3.63, 3.8) is 0 Å². The highest BCUT2D eigenvalue weighted by Crippen LogP contribution is 2.62. The number of furan rings is 1. The van der Waals surface area contributed by atoms with Crippen LogP contribution in [0, 0.1) is 24.2 Å². The topological polar surface area (TPSA) is 140 Å². The molecular formula is C35H41N3O7. The number of fused-ring (bicyclic) bond motifs is 1. The molecule has 10 heteroatoms. The van der Waals surface area contributed by atoms with Crippen molar-refractivity contribution in [3.05, 3.63) is 76.4 Å². The Bertz CT molecular complexity index is 1690. The molecule has 10 nitrogen and oxygen atoms in total. The lowest BCUT2D eigenvalue weighted by Gasteiger charge is -2.60. The predicted octanol–water partition coefficient (Wildman–Crippen LogP) is 4.87. The number of ether oxygens (including phenoxy) is 1. The summed E-state index contributed by atoms with van der Waals surface area (Å²) >= 11 is 0. The first-order valence-electron chi connectivity index (χ1n) is 15.8. The number of amides is 2. The van der Waals surface area contributed by atoms with Crippen LogP contribution >= 0.6 is 0 Å². The second-order valence-corrected chi connectivity index (χ2v) is 13.4.